The van der Waals surface area contributed by atoms with E-state index in [1.165, 1.54) is 46.6 Å². The summed E-state index contributed by atoms with van der Waals surface area (Å²) in [5, 5.41) is 1.06. The molecular weight excluding hydrogens is 475 g/mol. The number of hydrogen-bond donors (Lipinski definition) is 0. The summed E-state index contributed by atoms with van der Waals surface area (Å²) in [6, 6.07) is 7.67. The van der Waals surface area contributed by atoms with Crippen LogP contribution in [0.2, 0.25) is 0 Å². The van der Waals surface area contributed by atoms with E-state index in [1.54, 1.807) is 18.2 Å². The van der Waals surface area contributed by atoms with Crippen molar-refractivity contribution < 1.29 is 45.5 Å². The molecule has 182 valence electrons. The Morgan fingerprint density at radius 2 is 1.36 bits per heavy atom. The molecule has 0 bridgehead atoms. The summed E-state index contributed by atoms with van der Waals surface area (Å²) in [5.74, 6) is 1.14. The minimum atomic E-state index is -3.87. The molecule has 0 aliphatic heterocycles. The quantitative estimate of drug-likeness (QED) is 0.393. The second-order valence-corrected chi connectivity index (χ2v) is 10.1. The lowest BCUT2D eigenvalue weighted by Gasteiger charge is -2.17. The number of ether oxygens (including phenoxy) is 4. The highest BCUT2D eigenvalue weighted by molar-refractivity contribution is 7.93. The summed E-state index contributed by atoms with van der Waals surface area (Å²) >= 11 is 0. The van der Waals surface area contributed by atoms with Crippen LogP contribution in [-0.4, -0.2) is 51.1 Å². The molecule has 0 radical (unpaired) electrons. The first-order chi connectivity index (χ1) is 15.6. The fraction of sp³-hybridized carbons (Fsp3) is 0.333. The Kier molecular flexibility index (Phi) is 9.18. The average Bonchev–Trinajstić information content (AvgIpc) is 2.81. The predicted molar refractivity (Wildman–Crippen MR) is 123 cm³/mol. The molecule has 2 rings (SSSR count). The number of methoxy groups -OCH3 is 4. The van der Waals surface area contributed by atoms with Gasteiger partial charge in [0, 0.05) is 31.8 Å². The third kappa shape index (κ3) is 6.88. The van der Waals surface area contributed by atoms with Crippen molar-refractivity contribution in [2.24, 2.45) is 0 Å². The van der Waals surface area contributed by atoms with E-state index in [0.29, 0.717) is 28.4 Å². The SMILES string of the molecule is COc1cc(OC)c(C=CS(=O)(=O)Cc2ccc(OC)c(OP(=O)(OC)OC)c2)c(OC)c1. The number of sulfone groups is 1. The lowest BCUT2D eigenvalue weighted by molar-refractivity contribution is 0.208. The first kappa shape index (κ1) is 26.5. The van der Waals surface area contributed by atoms with E-state index in [1.807, 2.05) is 0 Å². The Morgan fingerprint density at radius 3 is 1.85 bits per heavy atom. The lowest BCUT2D eigenvalue weighted by atomic mass is 10.1. The zero-order chi connectivity index (χ0) is 24.6. The first-order valence-electron chi connectivity index (χ1n) is 9.43. The molecule has 12 heteroatoms. The molecule has 33 heavy (non-hydrogen) atoms. The van der Waals surface area contributed by atoms with Gasteiger partial charge in [0.15, 0.2) is 21.3 Å². The highest BCUT2D eigenvalue weighted by atomic mass is 32.2. The number of phosphoric ester groups is 1. The van der Waals surface area contributed by atoms with Crippen LogP contribution in [0.5, 0.6) is 28.7 Å². The molecule has 2 aromatic carbocycles. The van der Waals surface area contributed by atoms with Gasteiger partial charge in [-0.1, -0.05) is 6.07 Å². The van der Waals surface area contributed by atoms with E-state index in [4.69, 9.17) is 32.5 Å². The third-order valence-electron chi connectivity index (χ3n) is 4.45. The van der Waals surface area contributed by atoms with Crippen LogP contribution in [-0.2, 0) is 29.2 Å². The van der Waals surface area contributed by atoms with Gasteiger partial charge in [0.25, 0.3) is 0 Å². The van der Waals surface area contributed by atoms with E-state index in [2.05, 4.69) is 0 Å². The summed E-state index contributed by atoms with van der Waals surface area (Å²) in [4.78, 5) is 0. The van der Waals surface area contributed by atoms with Crippen LogP contribution >= 0.6 is 7.82 Å². The lowest BCUT2D eigenvalue weighted by Crippen LogP contribution is -2.03. The number of hydrogen-bond acceptors (Lipinski definition) is 10. The molecule has 10 nitrogen and oxygen atoms in total. The second kappa shape index (κ2) is 11.4. The van der Waals surface area contributed by atoms with Crippen molar-refractivity contribution in [2.75, 3.05) is 42.7 Å². The van der Waals surface area contributed by atoms with Crippen molar-refractivity contribution in [3.8, 4) is 28.7 Å². The Hall–Kier alpha value is -2.72. The zero-order valence-electron chi connectivity index (χ0n) is 19.2. The largest absolute Gasteiger partial charge is 0.529 e. The molecule has 0 saturated heterocycles. The number of phosphoric acid groups is 1. The van der Waals surface area contributed by atoms with Crippen molar-refractivity contribution in [3.05, 3.63) is 46.9 Å². The van der Waals surface area contributed by atoms with E-state index in [-0.39, 0.29) is 17.3 Å². The fourth-order valence-electron chi connectivity index (χ4n) is 2.80. The van der Waals surface area contributed by atoms with Crippen LogP contribution in [0.4, 0.5) is 0 Å². The number of rotatable bonds is 12. The van der Waals surface area contributed by atoms with Gasteiger partial charge in [-0.25, -0.2) is 13.0 Å². The average molecular weight is 502 g/mol. The van der Waals surface area contributed by atoms with Crippen molar-refractivity contribution in [1.29, 1.82) is 0 Å². The van der Waals surface area contributed by atoms with Gasteiger partial charge in [-0.15, -0.1) is 0 Å². The van der Waals surface area contributed by atoms with Crippen molar-refractivity contribution >= 4 is 23.7 Å². The van der Waals surface area contributed by atoms with Crippen molar-refractivity contribution in [1.82, 2.24) is 0 Å². The predicted octanol–water partition coefficient (Wildman–Crippen LogP) is 4.09. The van der Waals surface area contributed by atoms with Gasteiger partial charge in [0.05, 0.1) is 39.8 Å². The van der Waals surface area contributed by atoms with E-state index >= 15 is 0 Å². The Morgan fingerprint density at radius 1 is 0.788 bits per heavy atom. The molecule has 0 aromatic heterocycles. The summed E-state index contributed by atoms with van der Waals surface area (Å²) in [6.45, 7) is 0. The molecule has 0 aliphatic carbocycles. The monoisotopic (exact) mass is 502 g/mol. The molecule has 0 N–H and O–H groups in total. The smallest absolute Gasteiger partial charge is 0.496 e. The van der Waals surface area contributed by atoms with Crippen molar-refractivity contribution in [2.45, 2.75) is 5.75 Å². The van der Waals surface area contributed by atoms with Crippen LogP contribution in [0, 0.1) is 0 Å². The molecule has 0 fully saturated rings. The minimum absolute atomic E-state index is 0.0136. The van der Waals surface area contributed by atoms with Crippen LogP contribution in [0.3, 0.4) is 0 Å². The summed E-state index contributed by atoms with van der Waals surface area (Å²) in [5.41, 5.74) is 0.798. The van der Waals surface area contributed by atoms with Crippen molar-refractivity contribution in [3.63, 3.8) is 0 Å². The Labute approximate surface area is 193 Å². The van der Waals surface area contributed by atoms with E-state index in [0.717, 1.165) is 19.6 Å². The standard InChI is InChI=1S/C21H27O10PS/c1-25-16-12-19(27-3)17(20(13-16)28-4)9-10-33(23,24)14-15-7-8-18(26-2)21(11-15)31-32(22,29-5)30-6/h7-13H,14H2,1-6H3. The van der Waals surface area contributed by atoms with Crippen LogP contribution in [0.25, 0.3) is 6.08 Å². The maximum absolute atomic E-state index is 12.8. The number of benzene rings is 2. The van der Waals surface area contributed by atoms with Gasteiger partial charge in [0.2, 0.25) is 0 Å². The fourth-order valence-corrected chi connectivity index (χ4v) is 4.57. The summed E-state index contributed by atoms with van der Waals surface area (Å²) in [6.07, 6.45) is 1.39. The molecule has 0 aliphatic rings. The van der Waals surface area contributed by atoms with E-state index in [9.17, 15) is 13.0 Å². The maximum Gasteiger partial charge on any atom is 0.529 e. The normalized spacial score (nSPS) is 11.9. The molecule has 0 saturated carbocycles. The van der Waals surface area contributed by atoms with Gasteiger partial charge >= 0.3 is 7.82 Å². The molecule has 2 aromatic rings. The van der Waals surface area contributed by atoms with Gasteiger partial charge < -0.3 is 23.5 Å². The molecular formula is C21H27O10PS. The van der Waals surface area contributed by atoms with Gasteiger partial charge in [-0.05, 0) is 23.8 Å². The zero-order valence-corrected chi connectivity index (χ0v) is 20.9. The summed E-state index contributed by atoms with van der Waals surface area (Å²) < 4.78 is 73.8. The molecule has 0 atom stereocenters. The Bertz CT molecular complexity index is 1110. The van der Waals surface area contributed by atoms with E-state index < -0.39 is 17.7 Å². The van der Waals surface area contributed by atoms with Gasteiger partial charge in [-0.2, -0.15) is 0 Å². The molecule has 0 heterocycles. The second-order valence-electron chi connectivity index (χ2n) is 6.44. The molecule has 0 unspecified atom stereocenters. The van der Waals surface area contributed by atoms with Gasteiger partial charge in [-0.3, -0.25) is 9.05 Å². The molecule has 0 amide bonds. The van der Waals surface area contributed by atoms with Crippen LogP contribution in [0.15, 0.2) is 35.7 Å². The van der Waals surface area contributed by atoms with Gasteiger partial charge in [0.1, 0.15) is 17.2 Å². The third-order valence-corrected chi connectivity index (χ3v) is 7.05. The minimum Gasteiger partial charge on any atom is -0.496 e. The highest BCUT2D eigenvalue weighted by Gasteiger charge is 2.27. The highest BCUT2D eigenvalue weighted by Crippen LogP contribution is 2.50. The first-order valence-corrected chi connectivity index (χ1v) is 12.6. The maximum atomic E-state index is 12.8. The Balaban J connectivity index is 2.36. The molecule has 0 spiro atoms. The van der Waals surface area contributed by atoms with Crippen LogP contribution < -0.4 is 23.5 Å². The van der Waals surface area contributed by atoms with Crippen LogP contribution in [0.1, 0.15) is 11.1 Å². The topological polar surface area (TPSA) is 116 Å². The summed E-state index contributed by atoms with van der Waals surface area (Å²) in [7, 11) is 0.516.